The lowest BCUT2D eigenvalue weighted by molar-refractivity contribution is -0.128. The van der Waals surface area contributed by atoms with E-state index >= 15 is 0 Å². The second-order valence-electron chi connectivity index (χ2n) is 6.60. The average Bonchev–Trinajstić information content (AvgIpc) is 3.23. The number of hydrogen-bond acceptors (Lipinski definition) is 5. The Morgan fingerprint density at radius 1 is 1.11 bits per heavy atom. The van der Waals surface area contributed by atoms with Crippen LogP contribution in [-0.4, -0.2) is 67.7 Å². The van der Waals surface area contributed by atoms with Gasteiger partial charge in [-0.05, 0) is 56.5 Å². The number of fused-ring (bicyclic) bond motifs is 1. The van der Waals surface area contributed by atoms with Crippen LogP contribution in [0.25, 0.3) is 0 Å². The molecule has 2 aliphatic heterocycles. The zero-order chi connectivity index (χ0) is 18.4. The van der Waals surface area contributed by atoms with Gasteiger partial charge in [-0.2, -0.15) is 0 Å². The number of nitrogens with zero attached hydrogens (tertiary/aromatic N) is 2. The van der Waals surface area contributed by atoms with E-state index in [9.17, 15) is 9.59 Å². The zero-order valence-electron chi connectivity index (χ0n) is 15.7. The molecule has 1 unspecified atom stereocenters. The first-order valence-electron chi connectivity index (χ1n) is 9.30. The summed E-state index contributed by atoms with van der Waals surface area (Å²) >= 11 is 0. The molecule has 0 aliphatic carbocycles. The minimum absolute atomic E-state index is 0. The van der Waals surface area contributed by atoms with Crippen LogP contribution in [0.2, 0.25) is 0 Å². The van der Waals surface area contributed by atoms with Crippen molar-refractivity contribution in [1.29, 1.82) is 0 Å². The van der Waals surface area contributed by atoms with Crippen LogP contribution in [0.15, 0.2) is 24.3 Å². The Labute approximate surface area is 166 Å². The predicted molar refractivity (Wildman–Crippen MR) is 105 cm³/mol. The van der Waals surface area contributed by atoms with E-state index in [1.165, 1.54) is 4.90 Å². The number of nitrogens with one attached hydrogen (secondary N) is 1. The first-order valence-corrected chi connectivity index (χ1v) is 9.30. The Hall–Kier alpha value is -1.99. The van der Waals surface area contributed by atoms with Gasteiger partial charge in [0.2, 0.25) is 0 Å². The van der Waals surface area contributed by atoms with Gasteiger partial charge in [0.05, 0.1) is 7.11 Å². The molecule has 3 rings (SSSR count). The van der Waals surface area contributed by atoms with Gasteiger partial charge >= 0.3 is 6.03 Å². The molecule has 8 heteroatoms. The van der Waals surface area contributed by atoms with Gasteiger partial charge in [0.25, 0.3) is 5.91 Å². The van der Waals surface area contributed by atoms with Crippen molar-refractivity contribution in [1.82, 2.24) is 15.1 Å². The van der Waals surface area contributed by atoms with E-state index in [0.29, 0.717) is 13.2 Å². The first kappa shape index (κ1) is 21.3. The number of halogens is 1. The predicted octanol–water partition coefficient (Wildman–Crippen LogP) is 2.29. The second kappa shape index (κ2) is 10.4. The number of ether oxygens (including phenoxy) is 2. The third-order valence-corrected chi connectivity index (χ3v) is 4.87. The fourth-order valence-electron chi connectivity index (χ4n) is 3.45. The van der Waals surface area contributed by atoms with Crippen LogP contribution in [-0.2, 0) is 4.79 Å². The lowest BCUT2D eigenvalue weighted by atomic mass is 10.2. The highest BCUT2D eigenvalue weighted by molar-refractivity contribution is 6.04. The molecule has 0 radical (unpaired) electrons. The maximum absolute atomic E-state index is 12.2. The molecule has 1 aromatic rings. The van der Waals surface area contributed by atoms with Gasteiger partial charge in [-0.15, -0.1) is 12.4 Å². The third kappa shape index (κ3) is 5.26. The van der Waals surface area contributed by atoms with Gasteiger partial charge in [-0.1, -0.05) is 0 Å². The van der Waals surface area contributed by atoms with E-state index in [-0.39, 0.29) is 30.4 Å². The number of carbonyl (C=O) groups is 2. The fraction of sp³-hybridized carbons (Fsp3) is 0.579. The quantitative estimate of drug-likeness (QED) is 0.484. The molecule has 2 heterocycles. The van der Waals surface area contributed by atoms with Crippen molar-refractivity contribution in [3.05, 3.63) is 24.3 Å². The molecule has 0 spiro atoms. The molecule has 150 valence electrons. The number of rotatable bonds is 10. The highest BCUT2D eigenvalue weighted by Gasteiger charge is 2.46. The molecular weight excluding hydrogens is 370 g/mol. The molecule has 3 amide bonds. The molecule has 2 saturated heterocycles. The van der Waals surface area contributed by atoms with E-state index in [2.05, 4.69) is 5.32 Å². The number of benzene rings is 1. The molecule has 1 aromatic carbocycles. The monoisotopic (exact) mass is 397 g/mol. The van der Waals surface area contributed by atoms with Crippen LogP contribution in [0, 0.1) is 0 Å². The van der Waals surface area contributed by atoms with Crippen LogP contribution in [0.1, 0.15) is 25.7 Å². The van der Waals surface area contributed by atoms with Crippen molar-refractivity contribution in [2.75, 3.05) is 39.9 Å². The molecule has 0 aromatic heterocycles. The van der Waals surface area contributed by atoms with Crippen molar-refractivity contribution < 1.29 is 19.1 Å². The molecule has 2 fully saturated rings. The van der Waals surface area contributed by atoms with E-state index in [1.54, 1.807) is 12.0 Å². The Morgan fingerprint density at radius 3 is 2.56 bits per heavy atom. The molecule has 0 saturated carbocycles. The normalized spacial score (nSPS) is 18.5. The SMILES string of the molecule is COc1ccc(OCCNCCCCN2C(=O)C3CCCN3C2=O)cc1.Cl. The van der Waals surface area contributed by atoms with E-state index < -0.39 is 0 Å². The number of carbonyl (C=O) groups excluding carboxylic acids is 2. The van der Waals surface area contributed by atoms with Gasteiger partial charge in [0, 0.05) is 19.6 Å². The second-order valence-corrected chi connectivity index (χ2v) is 6.60. The summed E-state index contributed by atoms with van der Waals surface area (Å²) in [6.45, 7) is 3.43. The van der Waals surface area contributed by atoms with E-state index in [4.69, 9.17) is 9.47 Å². The number of amides is 3. The van der Waals surface area contributed by atoms with Gasteiger partial charge in [0.1, 0.15) is 24.1 Å². The highest BCUT2D eigenvalue weighted by Crippen LogP contribution is 2.27. The minimum atomic E-state index is -0.185. The van der Waals surface area contributed by atoms with Crippen LogP contribution in [0.3, 0.4) is 0 Å². The first-order chi connectivity index (χ1) is 12.7. The largest absolute Gasteiger partial charge is 0.497 e. The van der Waals surface area contributed by atoms with Gasteiger partial charge in [-0.3, -0.25) is 9.69 Å². The average molecular weight is 398 g/mol. The molecule has 0 bridgehead atoms. The fourth-order valence-corrected chi connectivity index (χ4v) is 3.45. The number of methoxy groups -OCH3 is 1. The topological polar surface area (TPSA) is 71.1 Å². The summed E-state index contributed by atoms with van der Waals surface area (Å²) < 4.78 is 10.7. The van der Waals surface area contributed by atoms with Gasteiger partial charge < -0.3 is 19.7 Å². The van der Waals surface area contributed by atoms with E-state index in [1.807, 2.05) is 24.3 Å². The van der Waals surface area contributed by atoms with Crippen molar-refractivity contribution >= 4 is 24.3 Å². The number of hydrogen-bond donors (Lipinski definition) is 1. The lowest BCUT2D eigenvalue weighted by Crippen LogP contribution is -2.34. The van der Waals surface area contributed by atoms with Crippen molar-refractivity contribution in [2.45, 2.75) is 31.7 Å². The molecular formula is C19H28ClN3O4. The summed E-state index contributed by atoms with van der Waals surface area (Å²) in [5.74, 6) is 1.62. The summed E-state index contributed by atoms with van der Waals surface area (Å²) in [6.07, 6.45) is 3.50. The van der Waals surface area contributed by atoms with Crippen molar-refractivity contribution in [3.63, 3.8) is 0 Å². The van der Waals surface area contributed by atoms with Crippen LogP contribution < -0.4 is 14.8 Å². The number of imide groups is 1. The van der Waals surface area contributed by atoms with Crippen LogP contribution in [0.5, 0.6) is 11.5 Å². The summed E-state index contributed by atoms with van der Waals surface area (Å²) in [7, 11) is 1.64. The van der Waals surface area contributed by atoms with E-state index in [0.717, 1.165) is 56.8 Å². The van der Waals surface area contributed by atoms with Crippen LogP contribution >= 0.6 is 12.4 Å². The Kier molecular flexibility index (Phi) is 8.19. The number of urea groups is 1. The maximum Gasteiger partial charge on any atom is 0.327 e. The summed E-state index contributed by atoms with van der Waals surface area (Å²) in [5.41, 5.74) is 0. The molecule has 1 N–H and O–H groups in total. The van der Waals surface area contributed by atoms with Crippen molar-refractivity contribution in [3.8, 4) is 11.5 Å². The Balaban J connectivity index is 0.00000261. The highest BCUT2D eigenvalue weighted by atomic mass is 35.5. The maximum atomic E-state index is 12.2. The van der Waals surface area contributed by atoms with Crippen LogP contribution in [0.4, 0.5) is 4.79 Å². The van der Waals surface area contributed by atoms with Gasteiger partial charge in [0.15, 0.2) is 0 Å². The third-order valence-electron chi connectivity index (χ3n) is 4.87. The molecule has 27 heavy (non-hydrogen) atoms. The Morgan fingerprint density at radius 2 is 1.85 bits per heavy atom. The molecule has 1 atom stereocenters. The summed E-state index contributed by atoms with van der Waals surface area (Å²) in [6, 6.07) is 7.22. The lowest BCUT2D eigenvalue weighted by Gasteiger charge is -2.15. The molecule has 2 aliphatic rings. The Bertz CT molecular complexity index is 604. The molecule has 7 nitrogen and oxygen atoms in total. The van der Waals surface area contributed by atoms with Crippen molar-refractivity contribution in [2.24, 2.45) is 0 Å². The summed E-state index contributed by atoms with van der Waals surface area (Å²) in [4.78, 5) is 27.5. The minimum Gasteiger partial charge on any atom is -0.497 e. The van der Waals surface area contributed by atoms with Gasteiger partial charge in [-0.25, -0.2) is 4.79 Å². The summed E-state index contributed by atoms with van der Waals surface area (Å²) in [5, 5.41) is 3.32. The standard InChI is InChI=1S/C19H27N3O4.ClH/c1-25-15-6-8-16(9-7-15)26-14-11-20-10-2-3-12-22-18(23)17-5-4-13-21(17)19(22)24;/h6-9,17,20H,2-5,10-14H2,1H3;1H. The number of unbranched alkanes of at least 4 members (excludes halogenated alkanes) is 1. The zero-order valence-corrected chi connectivity index (χ0v) is 16.5. The smallest absolute Gasteiger partial charge is 0.327 e.